The molecule has 3 aromatic rings. The minimum absolute atomic E-state index is 0.376. The highest BCUT2D eigenvalue weighted by Crippen LogP contribution is 2.18. The number of aromatic nitrogens is 3. The van der Waals surface area contributed by atoms with Crippen molar-refractivity contribution in [3.05, 3.63) is 58.8 Å². The number of nitrogens with zero attached hydrogens (tertiary/aromatic N) is 4. The Hall–Kier alpha value is -3.22. The summed E-state index contributed by atoms with van der Waals surface area (Å²) in [4.78, 5) is 25.1. The molecule has 146 valence electrons. The average Bonchev–Trinajstić information content (AvgIpc) is 2.70. The molecule has 0 saturated carbocycles. The van der Waals surface area contributed by atoms with Crippen LogP contribution in [-0.4, -0.2) is 34.3 Å². The molecule has 0 atom stereocenters. The first-order valence-electron chi connectivity index (χ1n) is 9.70. The van der Waals surface area contributed by atoms with Crippen LogP contribution in [0.2, 0.25) is 0 Å². The van der Waals surface area contributed by atoms with E-state index in [4.69, 9.17) is 0 Å². The SMILES string of the molecule is CCCCN(CCC)c1nc(/C=N/Nc2ccc3ccccc3c2)[nH]c(=O)n1. The molecule has 28 heavy (non-hydrogen) atoms. The fraction of sp³-hybridized carbons (Fsp3) is 0.333. The molecule has 0 unspecified atom stereocenters. The Labute approximate surface area is 164 Å². The van der Waals surface area contributed by atoms with Crippen LogP contribution in [0.4, 0.5) is 11.6 Å². The van der Waals surface area contributed by atoms with Gasteiger partial charge < -0.3 is 4.90 Å². The zero-order valence-electron chi connectivity index (χ0n) is 16.4. The number of benzene rings is 2. The molecular formula is C21H26N6O. The lowest BCUT2D eigenvalue weighted by Crippen LogP contribution is -2.30. The second-order valence-electron chi connectivity index (χ2n) is 6.61. The molecule has 7 nitrogen and oxygen atoms in total. The molecule has 0 amide bonds. The van der Waals surface area contributed by atoms with E-state index >= 15 is 0 Å². The third-order valence-corrected chi connectivity index (χ3v) is 4.34. The largest absolute Gasteiger partial charge is 0.349 e. The highest BCUT2D eigenvalue weighted by molar-refractivity contribution is 5.85. The van der Waals surface area contributed by atoms with Crippen LogP contribution in [0.5, 0.6) is 0 Å². The van der Waals surface area contributed by atoms with Crippen LogP contribution in [0.25, 0.3) is 10.8 Å². The lowest BCUT2D eigenvalue weighted by Gasteiger charge is -2.21. The smallest absolute Gasteiger partial charge is 0.341 e. The number of H-pyrrole nitrogens is 1. The first-order valence-corrected chi connectivity index (χ1v) is 9.70. The van der Waals surface area contributed by atoms with Crippen LogP contribution in [0.1, 0.15) is 38.9 Å². The number of anilines is 2. The van der Waals surface area contributed by atoms with Crippen molar-refractivity contribution in [2.45, 2.75) is 33.1 Å². The van der Waals surface area contributed by atoms with Crippen molar-refractivity contribution < 1.29 is 0 Å². The third kappa shape index (κ3) is 5.16. The maximum Gasteiger partial charge on any atom is 0.349 e. The molecule has 0 saturated heterocycles. The molecule has 0 bridgehead atoms. The third-order valence-electron chi connectivity index (χ3n) is 4.34. The minimum atomic E-state index is -0.422. The maximum absolute atomic E-state index is 12.0. The van der Waals surface area contributed by atoms with Gasteiger partial charge in [0.15, 0.2) is 5.82 Å². The summed E-state index contributed by atoms with van der Waals surface area (Å²) in [5.74, 6) is 0.826. The Kier molecular flexibility index (Phi) is 6.73. The van der Waals surface area contributed by atoms with Crippen molar-refractivity contribution in [3.63, 3.8) is 0 Å². The topological polar surface area (TPSA) is 86.3 Å². The predicted molar refractivity (Wildman–Crippen MR) is 115 cm³/mol. The van der Waals surface area contributed by atoms with Gasteiger partial charge in [0.05, 0.1) is 11.9 Å². The van der Waals surface area contributed by atoms with E-state index < -0.39 is 5.69 Å². The molecule has 0 aliphatic carbocycles. The van der Waals surface area contributed by atoms with E-state index in [0.717, 1.165) is 43.4 Å². The van der Waals surface area contributed by atoms with E-state index in [9.17, 15) is 4.79 Å². The molecule has 1 aromatic heterocycles. The van der Waals surface area contributed by atoms with E-state index in [2.05, 4.69) is 51.5 Å². The second-order valence-corrected chi connectivity index (χ2v) is 6.61. The minimum Gasteiger partial charge on any atom is -0.341 e. The predicted octanol–water partition coefficient (Wildman–Crippen LogP) is 3.78. The molecule has 2 N–H and O–H groups in total. The van der Waals surface area contributed by atoms with Crippen molar-refractivity contribution >= 4 is 28.6 Å². The van der Waals surface area contributed by atoms with Crippen molar-refractivity contribution in [2.24, 2.45) is 5.10 Å². The lowest BCUT2D eigenvalue weighted by atomic mass is 10.1. The first kappa shape index (κ1) is 19.5. The van der Waals surface area contributed by atoms with Gasteiger partial charge in [-0.1, -0.05) is 50.6 Å². The Morgan fingerprint density at radius 1 is 1.07 bits per heavy atom. The van der Waals surface area contributed by atoms with Gasteiger partial charge in [-0.2, -0.15) is 15.1 Å². The summed E-state index contributed by atoms with van der Waals surface area (Å²) < 4.78 is 0. The van der Waals surface area contributed by atoms with Crippen LogP contribution >= 0.6 is 0 Å². The van der Waals surface area contributed by atoms with Gasteiger partial charge in [0.25, 0.3) is 0 Å². The van der Waals surface area contributed by atoms with Gasteiger partial charge in [0, 0.05) is 13.1 Å². The summed E-state index contributed by atoms with van der Waals surface area (Å²) in [6, 6.07) is 14.2. The molecule has 0 spiro atoms. The van der Waals surface area contributed by atoms with E-state index in [-0.39, 0.29) is 0 Å². The van der Waals surface area contributed by atoms with Gasteiger partial charge in [-0.3, -0.25) is 10.4 Å². The van der Waals surface area contributed by atoms with Crippen LogP contribution in [0, 0.1) is 0 Å². The number of rotatable bonds is 9. The van der Waals surface area contributed by atoms with Gasteiger partial charge in [-0.15, -0.1) is 0 Å². The van der Waals surface area contributed by atoms with E-state index in [1.54, 1.807) is 0 Å². The summed E-state index contributed by atoms with van der Waals surface area (Å²) in [6.07, 6.45) is 4.58. The van der Waals surface area contributed by atoms with Gasteiger partial charge >= 0.3 is 5.69 Å². The van der Waals surface area contributed by atoms with Crippen LogP contribution < -0.4 is 16.0 Å². The van der Waals surface area contributed by atoms with Crippen molar-refractivity contribution in [2.75, 3.05) is 23.4 Å². The highest BCUT2D eigenvalue weighted by atomic mass is 16.1. The summed E-state index contributed by atoms with van der Waals surface area (Å²) in [5, 5.41) is 6.52. The highest BCUT2D eigenvalue weighted by Gasteiger charge is 2.10. The summed E-state index contributed by atoms with van der Waals surface area (Å²) >= 11 is 0. The van der Waals surface area contributed by atoms with Gasteiger partial charge in [0.1, 0.15) is 0 Å². The van der Waals surface area contributed by atoms with E-state index in [1.807, 2.05) is 35.2 Å². The van der Waals surface area contributed by atoms with Crippen LogP contribution in [0.15, 0.2) is 52.4 Å². The Morgan fingerprint density at radius 2 is 1.89 bits per heavy atom. The van der Waals surface area contributed by atoms with Gasteiger partial charge in [-0.25, -0.2) is 4.79 Å². The second kappa shape index (κ2) is 9.64. The molecule has 1 heterocycles. The van der Waals surface area contributed by atoms with Crippen molar-refractivity contribution in [3.8, 4) is 0 Å². The summed E-state index contributed by atoms with van der Waals surface area (Å²) in [5.41, 5.74) is 3.43. The summed E-state index contributed by atoms with van der Waals surface area (Å²) in [7, 11) is 0. The Balaban J connectivity index is 1.75. The number of nitrogens with one attached hydrogen (secondary N) is 2. The number of fused-ring (bicyclic) bond motifs is 1. The molecule has 7 heteroatoms. The number of unbranched alkanes of at least 4 members (excludes halogenated alkanes) is 1. The molecule has 3 rings (SSSR count). The zero-order valence-corrected chi connectivity index (χ0v) is 16.4. The van der Waals surface area contributed by atoms with Crippen LogP contribution in [0.3, 0.4) is 0 Å². The molecule has 0 fully saturated rings. The molecule has 0 radical (unpaired) electrons. The number of aromatic amines is 1. The standard InChI is InChI=1S/C21H26N6O/c1-3-5-13-27(12-4-2)20-23-19(24-21(28)25-20)15-22-26-18-11-10-16-8-6-7-9-17(16)14-18/h6-11,14-15,26H,3-5,12-13H2,1-2H3,(H,23,24,25,28)/b22-15+. The van der Waals surface area contributed by atoms with E-state index in [1.165, 1.54) is 11.6 Å². The zero-order chi connectivity index (χ0) is 19.8. The van der Waals surface area contributed by atoms with Crippen molar-refractivity contribution in [1.82, 2.24) is 15.0 Å². The average molecular weight is 378 g/mol. The quantitative estimate of drug-likeness (QED) is 0.437. The van der Waals surface area contributed by atoms with Crippen molar-refractivity contribution in [1.29, 1.82) is 0 Å². The van der Waals surface area contributed by atoms with Gasteiger partial charge in [-0.05, 0) is 35.7 Å². The number of hydrogen-bond acceptors (Lipinski definition) is 6. The number of hydrogen-bond donors (Lipinski definition) is 2. The molecular weight excluding hydrogens is 352 g/mol. The molecule has 2 aromatic carbocycles. The Bertz CT molecular complexity index is 997. The fourth-order valence-electron chi connectivity index (χ4n) is 2.95. The fourth-order valence-corrected chi connectivity index (χ4v) is 2.95. The summed E-state index contributed by atoms with van der Waals surface area (Å²) in [6.45, 7) is 5.89. The Morgan fingerprint density at radius 3 is 2.68 bits per heavy atom. The monoisotopic (exact) mass is 378 g/mol. The first-order chi connectivity index (χ1) is 13.7. The van der Waals surface area contributed by atoms with Gasteiger partial charge in [0.2, 0.25) is 5.95 Å². The maximum atomic E-state index is 12.0. The van der Waals surface area contributed by atoms with Crippen LogP contribution in [-0.2, 0) is 0 Å². The number of hydrazone groups is 1. The normalized spacial score (nSPS) is 11.2. The van der Waals surface area contributed by atoms with E-state index in [0.29, 0.717) is 11.8 Å². The molecule has 0 aliphatic heterocycles. The lowest BCUT2D eigenvalue weighted by molar-refractivity contribution is 0.681. The molecule has 0 aliphatic rings.